The van der Waals surface area contributed by atoms with Crippen LogP contribution >= 0.6 is 0 Å². The van der Waals surface area contributed by atoms with Crippen molar-refractivity contribution in [1.82, 2.24) is 15.1 Å². The maximum atomic E-state index is 13.5. The maximum Gasteiger partial charge on any atom is 0.254 e. The Balaban J connectivity index is 1.64. The van der Waals surface area contributed by atoms with E-state index in [2.05, 4.69) is 5.32 Å². The molecule has 0 aromatic heterocycles. The number of carbonyl (C=O) groups excluding carboxylic acids is 3. The van der Waals surface area contributed by atoms with Crippen LogP contribution in [0.1, 0.15) is 48.5 Å². The second-order valence-electron chi connectivity index (χ2n) is 8.91. The molecule has 1 saturated heterocycles. The van der Waals surface area contributed by atoms with Gasteiger partial charge in [-0.05, 0) is 44.0 Å². The minimum absolute atomic E-state index is 0.0215. The van der Waals surface area contributed by atoms with Gasteiger partial charge in [0.15, 0.2) is 0 Å². The standard InChI is InChI=1S/C27H36N4O3/c1-21-20-30(17-18-31(21)26(33)23-13-7-3-8-14-23)27(34)24(19-22-11-5-2-6-12-22)29-25(32)15-9-4-10-16-28/h2-3,5-8,11-14,21,24H,4,9-10,15-20,28H2,1H3,(H,29,32). The van der Waals surface area contributed by atoms with Crippen molar-refractivity contribution in [3.8, 4) is 0 Å². The number of unbranched alkanes of at least 4 members (excludes halogenated alkanes) is 2. The molecule has 3 rings (SSSR count). The van der Waals surface area contributed by atoms with Crippen molar-refractivity contribution < 1.29 is 14.4 Å². The minimum Gasteiger partial charge on any atom is -0.344 e. The molecule has 1 aliphatic heterocycles. The Labute approximate surface area is 202 Å². The molecule has 34 heavy (non-hydrogen) atoms. The molecule has 2 atom stereocenters. The van der Waals surface area contributed by atoms with Crippen LogP contribution in [0.5, 0.6) is 0 Å². The van der Waals surface area contributed by atoms with Crippen LogP contribution < -0.4 is 11.1 Å². The molecule has 2 aromatic carbocycles. The van der Waals surface area contributed by atoms with Gasteiger partial charge in [-0.1, -0.05) is 55.0 Å². The van der Waals surface area contributed by atoms with E-state index in [4.69, 9.17) is 5.73 Å². The lowest BCUT2D eigenvalue weighted by atomic mass is 10.0. The van der Waals surface area contributed by atoms with Gasteiger partial charge in [0.2, 0.25) is 11.8 Å². The number of hydrogen-bond acceptors (Lipinski definition) is 4. The van der Waals surface area contributed by atoms with Crippen molar-refractivity contribution in [2.45, 2.75) is 51.1 Å². The Hall–Kier alpha value is -3.19. The van der Waals surface area contributed by atoms with E-state index in [1.807, 2.05) is 72.5 Å². The first kappa shape index (κ1) is 25.4. The number of rotatable bonds is 10. The molecular formula is C27H36N4O3. The normalized spacial score (nSPS) is 16.7. The summed E-state index contributed by atoms with van der Waals surface area (Å²) in [6, 6.07) is 18.2. The fraction of sp³-hybridized carbons (Fsp3) is 0.444. The number of nitrogens with one attached hydrogen (secondary N) is 1. The number of hydrogen-bond donors (Lipinski definition) is 2. The molecule has 1 aliphatic rings. The molecule has 0 spiro atoms. The largest absolute Gasteiger partial charge is 0.344 e. The van der Waals surface area contributed by atoms with E-state index >= 15 is 0 Å². The lowest BCUT2D eigenvalue weighted by Crippen LogP contribution is -2.59. The third-order valence-electron chi connectivity index (χ3n) is 6.24. The number of piperazine rings is 1. The third-order valence-corrected chi connectivity index (χ3v) is 6.24. The highest BCUT2D eigenvalue weighted by Gasteiger charge is 2.33. The highest BCUT2D eigenvalue weighted by atomic mass is 16.2. The zero-order valence-electron chi connectivity index (χ0n) is 20.0. The summed E-state index contributed by atoms with van der Waals surface area (Å²) in [7, 11) is 0. The maximum absolute atomic E-state index is 13.5. The van der Waals surface area contributed by atoms with Gasteiger partial charge in [-0.3, -0.25) is 14.4 Å². The van der Waals surface area contributed by atoms with Gasteiger partial charge in [-0.2, -0.15) is 0 Å². The molecule has 182 valence electrons. The number of benzene rings is 2. The molecule has 0 radical (unpaired) electrons. The summed E-state index contributed by atoms with van der Waals surface area (Å²) in [5.41, 5.74) is 7.18. The van der Waals surface area contributed by atoms with Crippen molar-refractivity contribution in [1.29, 1.82) is 0 Å². The van der Waals surface area contributed by atoms with Crippen LogP contribution in [0.25, 0.3) is 0 Å². The lowest BCUT2D eigenvalue weighted by Gasteiger charge is -2.41. The lowest BCUT2D eigenvalue weighted by molar-refractivity contribution is -0.138. The average molecular weight is 465 g/mol. The second kappa shape index (κ2) is 12.9. The van der Waals surface area contributed by atoms with Crippen LogP contribution in [-0.2, 0) is 16.0 Å². The highest BCUT2D eigenvalue weighted by molar-refractivity contribution is 5.94. The van der Waals surface area contributed by atoms with Crippen molar-refractivity contribution in [3.05, 3.63) is 71.8 Å². The summed E-state index contributed by atoms with van der Waals surface area (Å²) in [5.74, 6) is -0.234. The van der Waals surface area contributed by atoms with Crippen molar-refractivity contribution in [3.63, 3.8) is 0 Å². The fourth-order valence-electron chi connectivity index (χ4n) is 4.35. The first-order chi connectivity index (χ1) is 16.5. The second-order valence-corrected chi connectivity index (χ2v) is 8.91. The zero-order valence-corrected chi connectivity index (χ0v) is 20.0. The highest BCUT2D eigenvalue weighted by Crippen LogP contribution is 2.16. The Morgan fingerprint density at radius 3 is 2.29 bits per heavy atom. The molecular weight excluding hydrogens is 428 g/mol. The Bertz CT molecular complexity index is 935. The van der Waals surface area contributed by atoms with Crippen molar-refractivity contribution in [2.75, 3.05) is 26.2 Å². The van der Waals surface area contributed by atoms with E-state index in [1.54, 1.807) is 4.90 Å². The van der Waals surface area contributed by atoms with Crippen LogP contribution in [0, 0.1) is 0 Å². The van der Waals surface area contributed by atoms with E-state index in [9.17, 15) is 14.4 Å². The van der Waals surface area contributed by atoms with Crippen molar-refractivity contribution >= 4 is 17.7 Å². The predicted octanol–water partition coefficient (Wildman–Crippen LogP) is 2.61. The van der Waals surface area contributed by atoms with E-state index < -0.39 is 6.04 Å². The third kappa shape index (κ3) is 7.15. The van der Waals surface area contributed by atoms with Gasteiger partial charge in [0.1, 0.15) is 6.04 Å². The molecule has 0 bridgehead atoms. The SMILES string of the molecule is CC1CN(C(=O)C(Cc2ccccc2)NC(=O)CCCCCN)CCN1C(=O)c1ccccc1. The molecule has 1 heterocycles. The van der Waals surface area contributed by atoms with Crippen LogP contribution in [-0.4, -0.2) is 65.8 Å². The van der Waals surface area contributed by atoms with Gasteiger partial charge in [-0.25, -0.2) is 0 Å². The quantitative estimate of drug-likeness (QED) is 0.529. The van der Waals surface area contributed by atoms with Gasteiger partial charge in [0.05, 0.1) is 0 Å². The summed E-state index contributed by atoms with van der Waals surface area (Å²) < 4.78 is 0. The van der Waals surface area contributed by atoms with Gasteiger partial charge in [-0.15, -0.1) is 0 Å². The Kier molecular flexibility index (Phi) is 9.64. The van der Waals surface area contributed by atoms with E-state index in [0.717, 1.165) is 24.8 Å². The summed E-state index contributed by atoms with van der Waals surface area (Å²) in [6.07, 6.45) is 3.37. The summed E-state index contributed by atoms with van der Waals surface area (Å²) >= 11 is 0. The molecule has 3 amide bonds. The molecule has 0 saturated carbocycles. The van der Waals surface area contributed by atoms with Gasteiger partial charge in [0.25, 0.3) is 5.91 Å². The fourth-order valence-corrected chi connectivity index (χ4v) is 4.35. The molecule has 2 unspecified atom stereocenters. The van der Waals surface area contributed by atoms with Crippen molar-refractivity contribution in [2.24, 2.45) is 5.73 Å². The number of carbonyl (C=O) groups is 3. The molecule has 7 heteroatoms. The number of nitrogens with two attached hydrogens (primary N) is 1. The monoisotopic (exact) mass is 464 g/mol. The topological polar surface area (TPSA) is 95.7 Å². The average Bonchev–Trinajstić information content (AvgIpc) is 2.86. The molecule has 3 N–H and O–H groups in total. The molecule has 2 aromatic rings. The van der Waals surface area contributed by atoms with Crippen LogP contribution in [0.4, 0.5) is 0 Å². The van der Waals surface area contributed by atoms with Crippen LogP contribution in [0.2, 0.25) is 0 Å². The molecule has 7 nitrogen and oxygen atoms in total. The summed E-state index contributed by atoms with van der Waals surface area (Å²) in [6.45, 7) is 3.93. The smallest absolute Gasteiger partial charge is 0.254 e. The van der Waals surface area contributed by atoms with Crippen LogP contribution in [0.3, 0.4) is 0 Å². The van der Waals surface area contributed by atoms with Gasteiger partial charge in [0, 0.05) is 44.1 Å². The molecule has 0 aliphatic carbocycles. The van der Waals surface area contributed by atoms with Gasteiger partial charge < -0.3 is 20.9 Å². The first-order valence-corrected chi connectivity index (χ1v) is 12.2. The zero-order chi connectivity index (χ0) is 24.3. The van der Waals surface area contributed by atoms with Gasteiger partial charge >= 0.3 is 0 Å². The Morgan fingerprint density at radius 1 is 0.971 bits per heavy atom. The van der Waals surface area contributed by atoms with E-state index in [0.29, 0.717) is 44.6 Å². The predicted molar refractivity (Wildman–Crippen MR) is 133 cm³/mol. The first-order valence-electron chi connectivity index (χ1n) is 12.2. The summed E-state index contributed by atoms with van der Waals surface area (Å²) in [5, 5.41) is 2.97. The summed E-state index contributed by atoms with van der Waals surface area (Å²) in [4.78, 5) is 42.6. The van der Waals surface area contributed by atoms with E-state index in [-0.39, 0.29) is 23.8 Å². The van der Waals surface area contributed by atoms with Crippen LogP contribution in [0.15, 0.2) is 60.7 Å². The number of amides is 3. The number of nitrogens with zero attached hydrogens (tertiary/aromatic N) is 2. The molecule has 1 fully saturated rings. The van der Waals surface area contributed by atoms with E-state index in [1.165, 1.54) is 0 Å². The Morgan fingerprint density at radius 2 is 1.65 bits per heavy atom. The minimum atomic E-state index is -0.631.